The fourth-order valence-corrected chi connectivity index (χ4v) is 6.81. The molecule has 4 atom stereocenters. The van der Waals surface area contributed by atoms with Crippen molar-refractivity contribution in [2.75, 3.05) is 7.05 Å². The lowest BCUT2D eigenvalue weighted by Crippen LogP contribution is -2.17. The largest absolute Gasteiger partial charge is 0.293 e. The summed E-state index contributed by atoms with van der Waals surface area (Å²) < 4.78 is 0. The molecule has 3 fully saturated rings. The summed E-state index contributed by atoms with van der Waals surface area (Å²) in [6, 6.07) is 22.2. The maximum Gasteiger partial charge on any atom is 0.0677 e. The van der Waals surface area contributed by atoms with Gasteiger partial charge in [-0.25, -0.2) is 0 Å². The quantitative estimate of drug-likeness (QED) is 0.713. The Labute approximate surface area is 152 Å². The summed E-state index contributed by atoms with van der Waals surface area (Å²) in [5.41, 5.74) is 6.58. The number of fused-ring (bicyclic) bond motifs is 2. The number of hydrogen-bond donors (Lipinski definition) is 0. The molecule has 124 valence electrons. The highest BCUT2D eigenvalue weighted by atomic mass is 28.2. The number of nitrogens with zero attached hydrogens (tertiary/aromatic N) is 1. The van der Waals surface area contributed by atoms with E-state index in [1.807, 2.05) is 7.05 Å². The van der Waals surface area contributed by atoms with Crippen LogP contribution in [0.25, 0.3) is 0 Å². The summed E-state index contributed by atoms with van der Waals surface area (Å²) in [5.74, 6) is 1.48. The van der Waals surface area contributed by atoms with Gasteiger partial charge in [-0.15, -0.1) is 0 Å². The highest BCUT2D eigenvalue weighted by Gasteiger charge is 2.56. The standard InChI is InChI=1S/C23H23NSi/c1-24-21-18-13-12-17(14-18)20(21)15-23(19-10-6-3-7-11-19)22(25-23)16-8-4-2-5-9-16/h2-11,15,17-18,22H,12-14H2,1H3. The second kappa shape index (κ2) is 5.81. The van der Waals surface area contributed by atoms with Gasteiger partial charge in [-0.05, 0) is 47.4 Å². The van der Waals surface area contributed by atoms with Crippen LogP contribution in [0.15, 0.2) is 77.3 Å². The van der Waals surface area contributed by atoms with Crippen LogP contribution in [-0.4, -0.2) is 22.3 Å². The van der Waals surface area contributed by atoms with Crippen LogP contribution in [0.4, 0.5) is 0 Å². The molecule has 0 amide bonds. The van der Waals surface area contributed by atoms with Gasteiger partial charge in [0.25, 0.3) is 0 Å². The second-order valence-corrected chi connectivity index (χ2v) is 9.33. The molecule has 2 aliphatic carbocycles. The molecule has 0 aromatic heterocycles. The van der Waals surface area contributed by atoms with Crippen molar-refractivity contribution in [3.63, 3.8) is 0 Å². The number of rotatable bonds is 3. The molecule has 4 unspecified atom stereocenters. The van der Waals surface area contributed by atoms with Crippen LogP contribution in [0.2, 0.25) is 0 Å². The number of benzene rings is 2. The van der Waals surface area contributed by atoms with Crippen molar-refractivity contribution in [3.05, 3.63) is 83.4 Å². The van der Waals surface area contributed by atoms with E-state index in [0.29, 0.717) is 5.54 Å². The van der Waals surface area contributed by atoms with Crippen molar-refractivity contribution in [2.24, 2.45) is 16.8 Å². The summed E-state index contributed by atoms with van der Waals surface area (Å²) >= 11 is 0. The molecule has 5 rings (SSSR count). The predicted octanol–water partition coefficient (Wildman–Crippen LogP) is 4.77. The highest BCUT2D eigenvalue weighted by molar-refractivity contribution is 6.58. The third kappa shape index (κ3) is 2.38. The van der Waals surface area contributed by atoms with Crippen LogP contribution in [0.5, 0.6) is 0 Å². The molecule has 2 radical (unpaired) electrons. The number of allylic oxidation sites excluding steroid dienone is 2. The second-order valence-electron chi connectivity index (χ2n) is 7.64. The van der Waals surface area contributed by atoms with Crippen molar-refractivity contribution in [1.82, 2.24) is 0 Å². The van der Waals surface area contributed by atoms with Crippen molar-refractivity contribution < 1.29 is 0 Å². The van der Waals surface area contributed by atoms with Crippen LogP contribution < -0.4 is 0 Å². The zero-order valence-electron chi connectivity index (χ0n) is 14.7. The summed E-state index contributed by atoms with van der Waals surface area (Å²) in [4.78, 5) is 4.71. The van der Waals surface area contributed by atoms with E-state index in [0.717, 1.165) is 21.4 Å². The van der Waals surface area contributed by atoms with E-state index in [1.165, 1.54) is 36.1 Å². The van der Waals surface area contributed by atoms with Gasteiger partial charge in [0.15, 0.2) is 0 Å². The first kappa shape index (κ1) is 15.3. The van der Waals surface area contributed by atoms with Crippen LogP contribution in [0.3, 0.4) is 0 Å². The average molecular weight is 342 g/mol. The molecule has 3 aliphatic rings. The van der Waals surface area contributed by atoms with Gasteiger partial charge in [-0.1, -0.05) is 66.7 Å². The van der Waals surface area contributed by atoms with Crippen molar-refractivity contribution in [3.8, 4) is 0 Å². The normalized spacial score (nSPS) is 36.3. The monoisotopic (exact) mass is 341 g/mol. The van der Waals surface area contributed by atoms with E-state index in [9.17, 15) is 0 Å². The maximum absolute atomic E-state index is 4.71. The van der Waals surface area contributed by atoms with Gasteiger partial charge in [0, 0.05) is 23.7 Å². The van der Waals surface area contributed by atoms with Crippen LogP contribution in [0.1, 0.15) is 35.9 Å². The maximum atomic E-state index is 4.71. The Hall–Kier alpha value is -1.93. The van der Waals surface area contributed by atoms with E-state index in [1.54, 1.807) is 5.57 Å². The molecule has 2 bridgehead atoms. The minimum absolute atomic E-state index is 0.193. The van der Waals surface area contributed by atoms with Crippen molar-refractivity contribution in [2.45, 2.75) is 29.8 Å². The first-order chi connectivity index (χ1) is 12.3. The summed E-state index contributed by atoms with van der Waals surface area (Å²) in [6.07, 6.45) is 6.68. The Morgan fingerprint density at radius 2 is 1.64 bits per heavy atom. The Bertz CT molecular complexity index is 839. The lowest BCUT2D eigenvalue weighted by Gasteiger charge is -2.21. The third-order valence-corrected chi connectivity index (χ3v) is 8.28. The average Bonchev–Trinajstić information content (AvgIpc) is 3.05. The molecule has 2 aromatic carbocycles. The molecule has 1 heterocycles. The summed E-state index contributed by atoms with van der Waals surface area (Å²) in [5, 5.41) is 0.193. The Morgan fingerprint density at radius 1 is 0.960 bits per heavy atom. The van der Waals surface area contributed by atoms with Gasteiger partial charge >= 0.3 is 0 Å². The predicted molar refractivity (Wildman–Crippen MR) is 105 cm³/mol. The van der Waals surface area contributed by atoms with Crippen LogP contribution >= 0.6 is 0 Å². The first-order valence-corrected chi connectivity index (χ1v) is 10.5. The van der Waals surface area contributed by atoms with E-state index in [-0.39, 0.29) is 5.04 Å². The molecule has 0 N–H and O–H groups in total. The topological polar surface area (TPSA) is 12.4 Å². The van der Waals surface area contributed by atoms with Gasteiger partial charge in [-0.3, -0.25) is 4.99 Å². The molecule has 1 aliphatic heterocycles. The summed E-state index contributed by atoms with van der Waals surface area (Å²) in [6.45, 7) is 0. The SMILES string of the molecule is CN=C1C(=CC2(c3ccccc3)[Si]C2c2ccccc2)C2CCC1C2. The molecule has 2 heteroatoms. The lowest BCUT2D eigenvalue weighted by molar-refractivity contribution is 0.670. The minimum atomic E-state index is 0.193. The third-order valence-electron chi connectivity index (χ3n) is 6.32. The molecule has 2 aromatic rings. The molecule has 1 saturated heterocycles. The van der Waals surface area contributed by atoms with E-state index in [2.05, 4.69) is 66.7 Å². The molecular formula is C23H23NSi. The van der Waals surface area contributed by atoms with Gasteiger partial charge in [0.2, 0.25) is 0 Å². The molecule has 0 spiro atoms. The zero-order valence-corrected chi connectivity index (χ0v) is 15.7. The molecular weight excluding hydrogens is 318 g/mol. The Kier molecular flexibility index (Phi) is 3.56. The Morgan fingerprint density at radius 3 is 2.36 bits per heavy atom. The molecule has 25 heavy (non-hydrogen) atoms. The highest BCUT2D eigenvalue weighted by Crippen LogP contribution is 2.56. The lowest BCUT2D eigenvalue weighted by atomic mass is 9.85. The fraction of sp³-hybridized carbons (Fsp3) is 0.348. The van der Waals surface area contributed by atoms with Crippen LogP contribution in [-0.2, 0) is 5.04 Å². The van der Waals surface area contributed by atoms with Crippen molar-refractivity contribution in [1.29, 1.82) is 0 Å². The smallest absolute Gasteiger partial charge is 0.0677 e. The molecule has 1 nitrogen and oxygen atoms in total. The van der Waals surface area contributed by atoms with E-state index >= 15 is 0 Å². The number of hydrogen-bond acceptors (Lipinski definition) is 1. The minimum Gasteiger partial charge on any atom is -0.293 e. The van der Waals surface area contributed by atoms with Gasteiger partial charge in [0.05, 0.1) is 9.52 Å². The van der Waals surface area contributed by atoms with Crippen LogP contribution in [0, 0.1) is 11.8 Å². The Balaban J connectivity index is 1.60. The summed E-state index contributed by atoms with van der Waals surface area (Å²) in [7, 11) is 2.92. The van der Waals surface area contributed by atoms with Gasteiger partial charge < -0.3 is 0 Å². The first-order valence-electron chi connectivity index (χ1n) is 9.40. The number of aliphatic imine (C=N–C) groups is 1. The van der Waals surface area contributed by atoms with Crippen molar-refractivity contribution >= 4 is 15.2 Å². The fourth-order valence-electron chi connectivity index (χ4n) is 5.07. The van der Waals surface area contributed by atoms with Gasteiger partial charge in [0.1, 0.15) is 0 Å². The van der Waals surface area contributed by atoms with Gasteiger partial charge in [-0.2, -0.15) is 0 Å². The molecule has 2 saturated carbocycles. The zero-order chi connectivity index (χ0) is 16.9. The van der Waals surface area contributed by atoms with E-state index < -0.39 is 0 Å². The van der Waals surface area contributed by atoms with E-state index in [4.69, 9.17) is 4.99 Å².